The first kappa shape index (κ1) is 10.9. The summed E-state index contributed by atoms with van der Waals surface area (Å²) in [4.78, 5) is 8.52. The summed E-state index contributed by atoms with van der Waals surface area (Å²) in [6.07, 6.45) is 0.956. The van der Waals surface area contributed by atoms with Gasteiger partial charge in [-0.05, 0) is 26.3 Å². The number of nitrogens with zero attached hydrogens (tertiary/aromatic N) is 2. The number of aryl methyl sites for hydroxylation is 2. The molecule has 0 fully saturated rings. The zero-order valence-corrected chi connectivity index (χ0v) is 9.04. The van der Waals surface area contributed by atoms with Crippen LogP contribution in [0.15, 0.2) is 6.07 Å². The van der Waals surface area contributed by atoms with E-state index >= 15 is 0 Å². The van der Waals surface area contributed by atoms with E-state index in [2.05, 4.69) is 22.2 Å². The topological polar surface area (TPSA) is 63.8 Å². The number of rotatable bonds is 4. The van der Waals surface area contributed by atoms with Crippen LogP contribution in [0.2, 0.25) is 0 Å². The molecule has 1 unspecified atom stereocenters. The average Bonchev–Trinajstić information content (AvgIpc) is 2.12. The molecule has 4 heteroatoms. The standard InChI is InChI=1S/C10H18N4/c1-4-9(11)6-12-10-13-7(2)5-8(3)14-10/h5,9H,4,6,11H2,1-3H3,(H,12,13,14). The van der Waals surface area contributed by atoms with E-state index in [0.717, 1.165) is 24.4 Å². The van der Waals surface area contributed by atoms with Crippen molar-refractivity contribution in [3.05, 3.63) is 17.5 Å². The summed E-state index contributed by atoms with van der Waals surface area (Å²) in [5.41, 5.74) is 7.73. The van der Waals surface area contributed by atoms with Crippen LogP contribution in [0.5, 0.6) is 0 Å². The largest absolute Gasteiger partial charge is 0.353 e. The highest BCUT2D eigenvalue weighted by Gasteiger charge is 2.01. The van der Waals surface area contributed by atoms with Gasteiger partial charge in [-0.2, -0.15) is 0 Å². The van der Waals surface area contributed by atoms with E-state index in [1.54, 1.807) is 0 Å². The maximum atomic E-state index is 5.78. The molecule has 1 aromatic rings. The Kier molecular flexibility index (Phi) is 3.83. The van der Waals surface area contributed by atoms with Crippen molar-refractivity contribution in [3.8, 4) is 0 Å². The predicted molar refractivity (Wildman–Crippen MR) is 58.3 cm³/mol. The fraction of sp³-hybridized carbons (Fsp3) is 0.600. The van der Waals surface area contributed by atoms with Gasteiger partial charge in [-0.1, -0.05) is 6.92 Å². The highest BCUT2D eigenvalue weighted by molar-refractivity contribution is 5.27. The van der Waals surface area contributed by atoms with Gasteiger partial charge < -0.3 is 11.1 Å². The van der Waals surface area contributed by atoms with E-state index in [-0.39, 0.29) is 6.04 Å². The van der Waals surface area contributed by atoms with Crippen LogP contribution in [0.25, 0.3) is 0 Å². The zero-order valence-electron chi connectivity index (χ0n) is 9.04. The van der Waals surface area contributed by atoms with Gasteiger partial charge in [0.1, 0.15) is 0 Å². The second kappa shape index (κ2) is 4.91. The number of nitrogens with two attached hydrogens (primary N) is 1. The van der Waals surface area contributed by atoms with Gasteiger partial charge in [0, 0.05) is 24.0 Å². The first-order valence-electron chi connectivity index (χ1n) is 4.93. The number of aromatic nitrogens is 2. The lowest BCUT2D eigenvalue weighted by Crippen LogP contribution is -2.28. The minimum atomic E-state index is 0.166. The fourth-order valence-electron chi connectivity index (χ4n) is 1.17. The van der Waals surface area contributed by atoms with Gasteiger partial charge in [-0.25, -0.2) is 9.97 Å². The number of hydrogen-bond acceptors (Lipinski definition) is 4. The van der Waals surface area contributed by atoms with E-state index in [4.69, 9.17) is 5.73 Å². The van der Waals surface area contributed by atoms with Crippen molar-refractivity contribution in [2.45, 2.75) is 33.2 Å². The van der Waals surface area contributed by atoms with Gasteiger partial charge in [0.2, 0.25) is 5.95 Å². The molecular weight excluding hydrogens is 176 g/mol. The molecule has 78 valence electrons. The van der Waals surface area contributed by atoms with Crippen molar-refractivity contribution in [1.82, 2.24) is 9.97 Å². The molecule has 14 heavy (non-hydrogen) atoms. The van der Waals surface area contributed by atoms with Crippen LogP contribution in [0.3, 0.4) is 0 Å². The Bertz CT molecular complexity index is 278. The van der Waals surface area contributed by atoms with Gasteiger partial charge in [-0.3, -0.25) is 0 Å². The van der Waals surface area contributed by atoms with Crippen LogP contribution < -0.4 is 11.1 Å². The van der Waals surface area contributed by atoms with Crippen molar-refractivity contribution < 1.29 is 0 Å². The molecular formula is C10H18N4. The van der Waals surface area contributed by atoms with Crippen LogP contribution in [-0.2, 0) is 0 Å². The lowest BCUT2D eigenvalue weighted by Gasteiger charge is -2.10. The Morgan fingerprint density at radius 1 is 1.36 bits per heavy atom. The second-order valence-electron chi connectivity index (χ2n) is 3.52. The highest BCUT2D eigenvalue weighted by Crippen LogP contribution is 2.03. The number of anilines is 1. The second-order valence-corrected chi connectivity index (χ2v) is 3.52. The van der Waals surface area contributed by atoms with E-state index in [1.165, 1.54) is 0 Å². The van der Waals surface area contributed by atoms with Crippen molar-refractivity contribution in [2.75, 3.05) is 11.9 Å². The van der Waals surface area contributed by atoms with Crippen molar-refractivity contribution in [3.63, 3.8) is 0 Å². The zero-order chi connectivity index (χ0) is 10.6. The third-order valence-electron chi connectivity index (χ3n) is 2.03. The van der Waals surface area contributed by atoms with Gasteiger partial charge >= 0.3 is 0 Å². The SMILES string of the molecule is CCC(N)CNc1nc(C)cc(C)n1. The molecule has 4 nitrogen and oxygen atoms in total. The van der Waals surface area contributed by atoms with Crippen LogP contribution >= 0.6 is 0 Å². The molecule has 0 bridgehead atoms. The first-order valence-corrected chi connectivity index (χ1v) is 4.93. The molecule has 3 N–H and O–H groups in total. The average molecular weight is 194 g/mol. The Morgan fingerprint density at radius 2 is 1.93 bits per heavy atom. The number of nitrogens with one attached hydrogen (secondary N) is 1. The van der Waals surface area contributed by atoms with Crippen molar-refractivity contribution in [1.29, 1.82) is 0 Å². The normalized spacial score (nSPS) is 12.6. The molecule has 0 aliphatic heterocycles. The highest BCUT2D eigenvalue weighted by atomic mass is 15.1. The third-order valence-corrected chi connectivity index (χ3v) is 2.03. The van der Waals surface area contributed by atoms with Crippen molar-refractivity contribution in [2.24, 2.45) is 5.73 Å². The van der Waals surface area contributed by atoms with Gasteiger partial charge in [0.15, 0.2) is 0 Å². The fourth-order valence-corrected chi connectivity index (χ4v) is 1.17. The number of hydrogen-bond donors (Lipinski definition) is 2. The molecule has 0 amide bonds. The summed E-state index contributed by atoms with van der Waals surface area (Å²) in [7, 11) is 0. The molecule has 0 aliphatic carbocycles. The summed E-state index contributed by atoms with van der Waals surface area (Å²) >= 11 is 0. The molecule has 0 radical (unpaired) electrons. The van der Waals surface area contributed by atoms with Crippen LogP contribution in [-0.4, -0.2) is 22.6 Å². The van der Waals surface area contributed by atoms with Crippen LogP contribution in [0.1, 0.15) is 24.7 Å². The molecule has 0 spiro atoms. The van der Waals surface area contributed by atoms with Gasteiger partial charge in [0.25, 0.3) is 0 Å². The van der Waals surface area contributed by atoms with Crippen LogP contribution in [0, 0.1) is 13.8 Å². The minimum absolute atomic E-state index is 0.166. The monoisotopic (exact) mass is 194 g/mol. The molecule has 1 aromatic heterocycles. The smallest absolute Gasteiger partial charge is 0.223 e. The van der Waals surface area contributed by atoms with E-state index in [0.29, 0.717) is 5.95 Å². The molecule has 0 aromatic carbocycles. The van der Waals surface area contributed by atoms with Crippen LogP contribution in [0.4, 0.5) is 5.95 Å². The quantitative estimate of drug-likeness (QED) is 0.757. The Labute approximate surface area is 85.0 Å². The summed E-state index contributed by atoms with van der Waals surface area (Å²) < 4.78 is 0. The van der Waals surface area contributed by atoms with E-state index < -0.39 is 0 Å². The first-order chi connectivity index (χ1) is 6.61. The van der Waals surface area contributed by atoms with Gasteiger partial charge in [0.05, 0.1) is 0 Å². The molecule has 1 rings (SSSR count). The predicted octanol–water partition coefficient (Wildman–Crippen LogP) is 1.24. The van der Waals surface area contributed by atoms with E-state index in [1.807, 2.05) is 19.9 Å². The summed E-state index contributed by atoms with van der Waals surface area (Å²) in [6.45, 7) is 6.70. The Hall–Kier alpha value is -1.16. The lowest BCUT2D eigenvalue weighted by molar-refractivity contribution is 0.675. The summed E-state index contributed by atoms with van der Waals surface area (Å²) in [5, 5.41) is 3.13. The summed E-state index contributed by atoms with van der Waals surface area (Å²) in [6, 6.07) is 2.12. The summed E-state index contributed by atoms with van der Waals surface area (Å²) in [5.74, 6) is 0.673. The van der Waals surface area contributed by atoms with Crippen molar-refractivity contribution >= 4 is 5.95 Å². The maximum absolute atomic E-state index is 5.78. The Morgan fingerprint density at radius 3 is 2.43 bits per heavy atom. The molecule has 0 saturated carbocycles. The maximum Gasteiger partial charge on any atom is 0.223 e. The Balaban J connectivity index is 2.58. The molecule has 1 heterocycles. The minimum Gasteiger partial charge on any atom is -0.353 e. The molecule has 1 atom stereocenters. The third kappa shape index (κ3) is 3.30. The van der Waals surface area contributed by atoms with E-state index in [9.17, 15) is 0 Å². The molecule has 0 aliphatic rings. The molecule has 0 saturated heterocycles. The van der Waals surface area contributed by atoms with Gasteiger partial charge in [-0.15, -0.1) is 0 Å². The lowest BCUT2D eigenvalue weighted by atomic mass is 10.2.